The lowest BCUT2D eigenvalue weighted by Crippen LogP contribution is -2.62. The minimum Gasteiger partial charge on any atom is -0.361 e. The molecule has 0 spiro atoms. The topological polar surface area (TPSA) is 261 Å². The molecule has 66 heavy (non-hydrogen) atoms. The Labute approximate surface area is 382 Å². The van der Waals surface area contributed by atoms with Gasteiger partial charge in [-0.1, -0.05) is 80.6 Å². The zero-order valence-electron chi connectivity index (χ0n) is 37.2. The van der Waals surface area contributed by atoms with Gasteiger partial charge in [0, 0.05) is 71.8 Å². The molecule has 346 valence electrons. The lowest BCUT2D eigenvalue weighted by molar-refractivity contribution is -0.136. The van der Waals surface area contributed by atoms with Crippen LogP contribution in [0.2, 0.25) is 0 Å². The van der Waals surface area contributed by atoms with E-state index in [4.69, 9.17) is 5.73 Å². The van der Waals surface area contributed by atoms with Crippen molar-refractivity contribution in [1.29, 1.82) is 0 Å². The van der Waals surface area contributed by atoms with Crippen molar-refractivity contribution < 1.29 is 28.8 Å². The molecule has 3 aromatic heterocycles. The van der Waals surface area contributed by atoms with Gasteiger partial charge in [-0.15, -0.1) is 0 Å². The molecule has 0 bridgehead atoms. The number of hydrogen-bond donors (Lipinski definition) is 10. The van der Waals surface area contributed by atoms with E-state index >= 15 is 0 Å². The Hall–Kier alpha value is -7.27. The molecular formula is C49H59N11O6. The number of aromatic nitrogens is 4. The van der Waals surface area contributed by atoms with E-state index in [1.165, 1.54) is 12.5 Å². The minimum absolute atomic E-state index is 0.0248. The van der Waals surface area contributed by atoms with E-state index in [1.807, 2.05) is 92.7 Å². The Kier molecular flexibility index (Phi) is 15.6. The van der Waals surface area contributed by atoms with E-state index < -0.39 is 71.7 Å². The lowest BCUT2D eigenvalue weighted by Gasteiger charge is -2.29. The number of para-hydroxylation sites is 2. The summed E-state index contributed by atoms with van der Waals surface area (Å²) in [5.74, 6) is -3.96. The van der Waals surface area contributed by atoms with Crippen LogP contribution < -0.4 is 37.6 Å². The SMILES string of the molecule is CC(C)C[C@H]1NC(=O)[C@H](Cc2ccccc2)NC(=O)[C@@H](Cc2c[nH]c3ccccc23)NC(=O)[C@H](CCCCN)NC(=O)[C@@H](Cc2cnc[nH]2)NC(=O)[C@H](Cc2c[nH]c3ccccc23)NC1=O. The van der Waals surface area contributed by atoms with Crippen LogP contribution in [0.25, 0.3) is 21.8 Å². The molecule has 7 rings (SSSR count). The smallest absolute Gasteiger partial charge is 0.243 e. The number of hydrogen-bond acceptors (Lipinski definition) is 8. The highest BCUT2D eigenvalue weighted by molar-refractivity contribution is 5.99. The van der Waals surface area contributed by atoms with E-state index in [2.05, 4.69) is 51.8 Å². The molecule has 0 saturated carbocycles. The van der Waals surface area contributed by atoms with Crippen LogP contribution in [-0.2, 0) is 54.5 Å². The number of aromatic amines is 3. The number of unbranched alkanes of at least 4 members (excludes halogenated alkanes) is 1. The molecule has 6 amide bonds. The van der Waals surface area contributed by atoms with Crippen molar-refractivity contribution in [2.24, 2.45) is 11.7 Å². The van der Waals surface area contributed by atoms with Crippen molar-refractivity contribution >= 4 is 57.2 Å². The van der Waals surface area contributed by atoms with Gasteiger partial charge in [0.2, 0.25) is 35.4 Å². The molecule has 17 heteroatoms. The van der Waals surface area contributed by atoms with Gasteiger partial charge >= 0.3 is 0 Å². The first-order valence-electron chi connectivity index (χ1n) is 22.6. The zero-order valence-corrected chi connectivity index (χ0v) is 37.2. The maximum Gasteiger partial charge on any atom is 0.243 e. The second-order valence-electron chi connectivity index (χ2n) is 17.4. The summed E-state index contributed by atoms with van der Waals surface area (Å²) in [4.78, 5) is 101. The summed E-state index contributed by atoms with van der Waals surface area (Å²) < 4.78 is 0. The van der Waals surface area contributed by atoms with Crippen LogP contribution in [0.1, 0.15) is 61.9 Å². The van der Waals surface area contributed by atoms with E-state index in [9.17, 15) is 28.8 Å². The van der Waals surface area contributed by atoms with E-state index in [0.29, 0.717) is 25.1 Å². The molecule has 6 atom stereocenters. The van der Waals surface area contributed by atoms with E-state index in [1.54, 1.807) is 12.4 Å². The fraction of sp³-hybridized carbons (Fsp3) is 0.367. The number of nitrogens with one attached hydrogen (secondary N) is 9. The Morgan fingerprint density at radius 1 is 0.515 bits per heavy atom. The first kappa shape index (κ1) is 46.7. The van der Waals surface area contributed by atoms with Crippen LogP contribution in [0.3, 0.4) is 0 Å². The summed E-state index contributed by atoms with van der Waals surface area (Å²) in [6.07, 6.45) is 7.96. The molecule has 0 radical (unpaired) electrons. The second kappa shape index (κ2) is 22.1. The van der Waals surface area contributed by atoms with E-state index in [0.717, 1.165) is 38.5 Å². The Morgan fingerprint density at radius 2 is 0.970 bits per heavy atom. The fourth-order valence-electron chi connectivity index (χ4n) is 8.44. The van der Waals surface area contributed by atoms with Gasteiger partial charge in [-0.3, -0.25) is 28.8 Å². The van der Waals surface area contributed by atoms with Gasteiger partial charge in [0.1, 0.15) is 36.3 Å². The van der Waals surface area contributed by atoms with Crippen LogP contribution in [0.5, 0.6) is 0 Å². The molecule has 0 aliphatic carbocycles. The standard InChI is InChI=1S/C49H59N11O6/c1-29(2)20-39-45(62)59-42(23-32-26-53-37-17-9-7-15-35(32)37)48(65)60-43(24-33-27-51-28-54-33)49(66)55-38(18-10-11-19-50)44(61)58-41(22-31-25-52-36-16-8-6-14-34(31)36)47(64)57-40(46(63)56-39)21-30-12-4-3-5-13-30/h3-9,12-17,25-29,38-43,52-53H,10-11,18-24,50H2,1-2H3,(H,51,54)(H,55,66)(H,56,63)(H,57,64)(H,58,61)(H,59,62)(H,60,65)/t38-,39+,40-,41+,42-,43+/m0/s1. The van der Waals surface area contributed by atoms with Gasteiger partial charge in [0.05, 0.1) is 6.33 Å². The summed E-state index contributed by atoms with van der Waals surface area (Å²) in [6, 6.07) is 17.1. The molecule has 1 saturated heterocycles. The summed E-state index contributed by atoms with van der Waals surface area (Å²) in [5, 5.41) is 19.1. The van der Waals surface area contributed by atoms with Crippen molar-refractivity contribution in [3.05, 3.63) is 126 Å². The highest BCUT2D eigenvalue weighted by Gasteiger charge is 2.36. The molecule has 4 heterocycles. The van der Waals surface area contributed by atoms with Gasteiger partial charge in [-0.2, -0.15) is 0 Å². The molecule has 17 nitrogen and oxygen atoms in total. The number of nitrogens with two attached hydrogens (primary N) is 1. The number of imidazole rings is 1. The maximum absolute atomic E-state index is 14.7. The summed E-state index contributed by atoms with van der Waals surface area (Å²) in [6.45, 7) is 4.16. The number of rotatable bonds is 14. The molecule has 3 aromatic carbocycles. The predicted octanol–water partition coefficient (Wildman–Crippen LogP) is 2.74. The van der Waals surface area contributed by atoms with Crippen LogP contribution in [0.4, 0.5) is 0 Å². The quantitative estimate of drug-likeness (QED) is 0.0726. The van der Waals surface area contributed by atoms with Crippen LogP contribution in [-0.4, -0.2) is 98.2 Å². The Morgan fingerprint density at radius 3 is 1.48 bits per heavy atom. The minimum atomic E-state index is -1.25. The Bertz CT molecular complexity index is 2610. The first-order chi connectivity index (χ1) is 31.9. The molecule has 6 aromatic rings. The predicted molar refractivity (Wildman–Crippen MR) is 250 cm³/mol. The molecular weight excluding hydrogens is 839 g/mol. The van der Waals surface area contributed by atoms with Crippen LogP contribution >= 0.6 is 0 Å². The monoisotopic (exact) mass is 897 g/mol. The number of fused-ring (bicyclic) bond motifs is 2. The largest absolute Gasteiger partial charge is 0.361 e. The fourth-order valence-corrected chi connectivity index (χ4v) is 8.44. The van der Waals surface area contributed by atoms with Crippen molar-refractivity contribution in [2.75, 3.05) is 6.54 Å². The highest BCUT2D eigenvalue weighted by atomic mass is 16.2. The summed E-state index contributed by atoms with van der Waals surface area (Å²) in [7, 11) is 0. The van der Waals surface area contributed by atoms with Crippen LogP contribution in [0, 0.1) is 5.92 Å². The van der Waals surface area contributed by atoms with Crippen molar-refractivity contribution in [3.8, 4) is 0 Å². The highest BCUT2D eigenvalue weighted by Crippen LogP contribution is 2.22. The zero-order chi connectivity index (χ0) is 46.6. The molecule has 1 aliphatic heterocycles. The van der Waals surface area contributed by atoms with Crippen molar-refractivity contribution in [1.82, 2.24) is 51.8 Å². The number of carbonyl (C=O) groups is 6. The van der Waals surface area contributed by atoms with Gasteiger partial charge in [0.15, 0.2) is 0 Å². The third kappa shape index (κ3) is 12.1. The number of amides is 6. The molecule has 0 unspecified atom stereocenters. The normalized spacial score (nSPS) is 21.6. The number of carbonyl (C=O) groups excluding carboxylic acids is 6. The molecule has 1 aliphatic rings. The summed E-state index contributed by atoms with van der Waals surface area (Å²) in [5.41, 5.74) is 10.2. The average molecular weight is 898 g/mol. The van der Waals surface area contributed by atoms with Crippen LogP contribution in [0.15, 0.2) is 104 Å². The first-order valence-corrected chi connectivity index (χ1v) is 22.6. The van der Waals surface area contributed by atoms with Gasteiger partial charge in [-0.25, -0.2) is 4.98 Å². The third-order valence-corrected chi connectivity index (χ3v) is 11.9. The van der Waals surface area contributed by atoms with Gasteiger partial charge in [-0.05, 0) is 67.0 Å². The average Bonchev–Trinajstić information content (AvgIpc) is 4.08. The van der Waals surface area contributed by atoms with Gasteiger partial charge < -0.3 is 52.6 Å². The second-order valence-corrected chi connectivity index (χ2v) is 17.4. The lowest BCUT2D eigenvalue weighted by atomic mass is 9.98. The summed E-state index contributed by atoms with van der Waals surface area (Å²) >= 11 is 0. The Balaban J connectivity index is 1.29. The molecule has 11 N–H and O–H groups in total. The number of H-pyrrole nitrogens is 3. The maximum atomic E-state index is 14.7. The van der Waals surface area contributed by atoms with E-state index in [-0.39, 0.29) is 44.4 Å². The van der Waals surface area contributed by atoms with Crippen molar-refractivity contribution in [2.45, 2.75) is 101 Å². The number of nitrogens with zero attached hydrogens (tertiary/aromatic N) is 1. The third-order valence-electron chi connectivity index (χ3n) is 11.9. The number of benzene rings is 3. The molecule has 1 fully saturated rings. The van der Waals surface area contributed by atoms with Crippen molar-refractivity contribution in [3.63, 3.8) is 0 Å². The van der Waals surface area contributed by atoms with Gasteiger partial charge in [0.25, 0.3) is 0 Å².